The maximum absolute atomic E-state index is 12.4. The topological polar surface area (TPSA) is 110 Å². The SMILES string of the molecule is CC(C)CCC(=O)N1CCC[C@H](NC(=O)CCC(C)C(N)=O)C(=O)C1. The Balaban J connectivity index is 2.48. The van der Waals surface area contributed by atoms with Gasteiger partial charge >= 0.3 is 0 Å². The molecule has 1 aliphatic rings. The molecule has 1 saturated heterocycles. The Bertz CT molecular complexity index is 505. The Labute approximate surface area is 149 Å². The normalized spacial score (nSPS) is 19.4. The van der Waals surface area contributed by atoms with Crippen LogP contribution in [0.5, 0.6) is 0 Å². The second-order valence-corrected chi connectivity index (χ2v) is 7.32. The minimum Gasteiger partial charge on any atom is -0.369 e. The van der Waals surface area contributed by atoms with E-state index in [9.17, 15) is 19.2 Å². The van der Waals surface area contributed by atoms with Gasteiger partial charge in [-0.15, -0.1) is 0 Å². The largest absolute Gasteiger partial charge is 0.369 e. The van der Waals surface area contributed by atoms with Gasteiger partial charge in [0.2, 0.25) is 17.7 Å². The number of ketones is 1. The summed E-state index contributed by atoms with van der Waals surface area (Å²) in [6.07, 6.45) is 2.99. The van der Waals surface area contributed by atoms with Crippen LogP contribution in [-0.4, -0.2) is 47.5 Å². The third kappa shape index (κ3) is 7.67. The molecule has 0 aliphatic carbocycles. The Kier molecular flexibility index (Phi) is 8.58. The Morgan fingerprint density at radius 1 is 1.20 bits per heavy atom. The van der Waals surface area contributed by atoms with Crippen molar-refractivity contribution in [2.45, 2.75) is 65.3 Å². The van der Waals surface area contributed by atoms with E-state index in [4.69, 9.17) is 5.73 Å². The van der Waals surface area contributed by atoms with Crippen molar-refractivity contribution in [1.82, 2.24) is 10.2 Å². The van der Waals surface area contributed by atoms with Gasteiger partial charge in [0.15, 0.2) is 5.78 Å². The van der Waals surface area contributed by atoms with Crippen LogP contribution in [0.3, 0.4) is 0 Å². The third-order valence-electron chi connectivity index (χ3n) is 4.57. The predicted octanol–water partition coefficient (Wildman–Crippen LogP) is 1.00. The smallest absolute Gasteiger partial charge is 0.222 e. The van der Waals surface area contributed by atoms with Gasteiger partial charge in [-0.2, -0.15) is 0 Å². The lowest BCUT2D eigenvalue weighted by Gasteiger charge is -2.20. The van der Waals surface area contributed by atoms with Crippen LogP contribution in [0.25, 0.3) is 0 Å². The van der Waals surface area contributed by atoms with Crippen LogP contribution < -0.4 is 11.1 Å². The number of hydrogen-bond donors (Lipinski definition) is 2. The molecule has 3 amide bonds. The molecule has 1 unspecified atom stereocenters. The van der Waals surface area contributed by atoms with Gasteiger partial charge in [-0.1, -0.05) is 20.8 Å². The molecule has 1 fully saturated rings. The molecule has 0 aromatic rings. The number of nitrogens with zero attached hydrogens (tertiary/aromatic N) is 1. The first kappa shape index (κ1) is 21.1. The maximum Gasteiger partial charge on any atom is 0.222 e. The van der Waals surface area contributed by atoms with E-state index in [0.29, 0.717) is 38.1 Å². The first-order valence-corrected chi connectivity index (χ1v) is 9.09. The molecule has 25 heavy (non-hydrogen) atoms. The average Bonchev–Trinajstić information content (AvgIpc) is 2.72. The van der Waals surface area contributed by atoms with E-state index in [1.54, 1.807) is 11.8 Å². The van der Waals surface area contributed by atoms with Crippen LogP contribution >= 0.6 is 0 Å². The molecule has 1 aliphatic heterocycles. The van der Waals surface area contributed by atoms with Crippen molar-refractivity contribution in [3.05, 3.63) is 0 Å². The summed E-state index contributed by atoms with van der Waals surface area (Å²) >= 11 is 0. The fourth-order valence-electron chi connectivity index (χ4n) is 2.72. The van der Waals surface area contributed by atoms with Crippen molar-refractivity contribution in [1.29, 1.82) is 0 Å². The standard InChI is InChI=1S/C18H31N3O4/c1-12(2)6-9-17(24)21-10-4-5-14(15(22)11-21)20-16(23)8-7-13(3)18(19)25/h12-14H,4-11H2,1-3H3,(H2,19,25)(H,20,23)/t13?,14-/m0/s1. The van der Waals surface area contributed by atoms with Gasteiger partial charge in [0, 0.05) is 25.3 Å². The van der Waals surface area contributed by atoms with E-state index >= 15 is 0 Å². The van der Waals surface area contributed by atoms with E-state index in [1.807, 2.05) is 0 Å². The van der Waals surface area contributed by atoms with Gasteiger partial charge in [0.1, 0.15) is 0 Å². The fraction of sp³-hybridized carbons (Fsp3) is 0.778. The van der Waals surface area contributed by atoms with E-state index in [0.717, 1.165) is 6.42 Å². The number of likely N-dealkylation sites (tertiary alicyclic amines) is 1. The van der Waals surface area contributed by atoms with E-state index < -0.39 is 11.9 Å². The number of nitrogens with one attached hydrogen (secondary N) is 1. The molecule has 1 heterocycles. The summed E-state index contributed by atoms with van der Waals surface area (Å²) in [7, 11) is 0. The van der Waals surface area contributed by atoms with E-state index in [1.165, 1.54) is 0 Å². The molecular weight excluding hydrogens is 322 g/mol. The molecule has 1 rings (SSSR count). The van der Waals surface area contributed by atoms with Crippen LogP contribution in [-0.2, 0) is 19.2 Å². The van der Waals surface area contributed by atoms with Crippen LogP contribution in [0.2, 0.25) is 0 Å². The molecule has 0 bridgehead atoms. The highest BCUT2D eigenvalue weighted by Gasteiger charge is 2.28. The number of carbonyl (C=O) groups excluding carboxylic acids is 4. The van der Waals surface area contributed by atoms with Gasteiger partial charge in [-0.05, 0) is 31.6 Å². The van der Waals surface area contributed by atoms with Crippen molar-refractivity contribution >= 4 is 23.5 Å². The number of nitrogens with two attached hydrogens (primary N) is 1. The quantitative estimate of drug-likeness (QED) is 0.678. The second kappa shape index (κ2) is 10.2. The molecule has 0 radical (unpaired) electrons. The lowest BCUT2D eigenvalue weighted by molar-refractivity contribution is -0.135. The molecule has 142 valence electrons. The number of Topliss-reactive ketones (excluding diaryl/α,β-unsaturated/α-hetero) is 1. The Morgan fingerprint density at radius 3 is 2.48 bits per heavy atom. The molecule has 0 saturated carbocycles. The van der Waals surface area contributed by atoms with Gasteiger partial charge in [0.05, 0.1) is 12.6 Å². The lowest BCUT2D eigenvalue weighted by Crippen LogP contribution is -2.44. The molecule has 7 nitrogen and oxygen atoms in total. The number of primary amides is 1. The molecular formula is C18H31N3O4. The summed E-state index contributed by atoms with van der Waals surface area (Å²) in [5.41, 5.74) is 5.17. The monoisotopic (exact) mass is 353 g/mol. The third-order valence-corrected chi connectivity index (χ3v) is 4.57. The lowest BCUT2D eigenvalue weighted by atomic mass is 10.0. The number of rotatable bonds is 8. The van der Waals surface area contributed by atoms with Crippen LogP contribution in [0.1, 0.15) is 59.3 Å². The van der Waals surface area contributed by atoms with Gasteiger partial charge in [-0.25, -0.2) is 0 Å². The Morgan fingerprint density at radius 2 is 1.88 bits per heavy atom. The van der Waals surface area contributed by atoms with Crippen LogP contribution in [0.15, 0.2) is 0 Å². The summed E-state index contributed by atoms with van der Waals surface area (Å²) in [6.45, 7) is 6.40. The van der Waals surface area contributed by atoms with E-state index in [-0.39, 0.29) is 36.5 Å². The van der Waals surface area contributed by atoms with Crippen molar-refractivity contribution in [3.63, 3.8) is 0 Å². The summed E-state index contributed by atoms with van der Waals surface area (Å²) in [5, 5.41) is 2.73. The van der Waals surface area contributed by atoms with Crippen molar-refractivity contribution in [2.75, 3.05) is 13.1 Å². The first-order valence-electron chi connectivity index (χ1n) is 9.09. The fourth-order valence-corrected chi connectivity index (χ4v) is 2.72. The van der Waals surface area contributed by atoms with Crippen molar-refractivity contribution in [3.8, 4) is 0 Å². The molecule has 7 heteroatoms. The summed E-state index contributed by atoms with van der Waals surface area (Å²) in [6, 6.07) is -0.556. The number of amides is 3. The first-order chi connectivity index (χ1) is 11.7. The van der Waals surface area contributed by atoms with Gasteiger partial charge in [0.25, 0.3) is 0 Å². The highest BCUT2D eigenvalue weighted by molar-refractivity contribution is 5.93. The zero-order valence-electron chi connectivity index (χ0n) is 15.5. The van der Waals surface area contributed by atoms with Gasteiger partial charge < -0.3 is 16.0 Å². The molecule has 0 spiro atoms. The van der Waals surface area contributed by atoms with Crippen molar-refractivity contribution in [2.24, 2.45) is 17.6 Å². The highest BCUT2D eigenvalue weighted by atomic mass is 16.2. The van der Waals surface area contributed by atoms with Crippen molar-refractivity contribution < 1.29 is 19.2 Å². The summed E-state index contributed by atoms with van der Waals surface area (Å²) in [5.74, 6) is -0.748. The second-order valence-electron chi connectivity index (χ2n) is 7.32. The number of hydrogen-bond acceptors (Lipinski definition) is 4. The zero-order valence-corrected chi connectivity index (χ0v) is 15.5. The summed E-state index contributed by atoms with van der Waals surface area (Å²) < 4.78 is 0. The van der Waals surface area contributed by atoms with Gasteiger partial charge in [-0.3, -0.25) is 19.2 Å². The molecule has 2 atom stereocenters. The highest BCUT2D eigenvalue weighted by Crippen LogP contribution is 2.13. The average molecular weight is 353 g/mol. The summed E-state index contributed by atoms with van der Waals surface area (Å²) in [4.78, 5) is 49.2. The minimum absolute atomic E-state index is 0.00399. The zero-order chi connectivity index (χ0) is 19.0. The van der Waals surface area contributed by atoms with Crippen LogP contribution in [0, 0.1) is 11.8 Å². The minimum atomic E-state index is -0.556. The molecule has 3 N–H and O–H groups in total. The Hall–Kier alpha value is -1.92. The maximum atomic E-state index is 12.4. The predicted molar refractivity (Wildman–Crippen MR) is 94.4 cm³/mol. The van der Waals surface area contributed by atoms with E-state index in [2.05, 4.69) is 19.2 Å². The molecule has 0 aromatic carbocycles. The molecule has 0 aromatic heterocycles. The number of carbonyl (C=O) groups is 4. The van der Waals surface area contributed by atoms with Crippen LogP contribution in [0.4, 0.5) is 0 Å².